The monoisotopic (exact) mass is 379 g/mol. The molecule has 1 aliphatic rings. The summed E-state index contributed by atoms with van der Waals surface area (Å²) in [6.45, 7) is 9.20. The second kappa shape index (κ2) is 8.91. The molecule has 0 atom stereocenters. The molecular formula is C23H29N3O2. The zero-order chi connectivity index (χ0) is 20.1. The Hall–Kier alpha value is -2.82. The van der Waals surface area contributed by atoms with Gasteiger partial charge in [0.15, 0.2) is 0 Å². The molecule has 0 unspecified atom stereocenters. The molecule has 2 amide bonds. The predicted molar refractivity (Wildman–Crippen MR) is 114 cm³/mol. The first-order valence-electron chi connectivity index (χ1n) is 9.91. The number of carbonyl (C=O) groups excluding carboxylic acids is 2. The van der Waals surface area contributed by atoms with Gasteiger partial charge >= 0.3 is 0 Å². The summed E-state index contributed by atoms with van der Waals surface area (Å²) in [5, 5.41) is 2.82. The molecule has 1 aliphatic heterocycles. The van der Waals surface area contributed by atoms with Gasteiger partial charge in [0.1, 0.15) is 6.42 Å². The summed E-state index contributed by atoms with van der Waals surface area (Å²) in [7, 11) is 0. The minimum Gasteiger partial charge on any atom is -0.368 e. The summed E-state index contributed by atoms with van der Waals surface area (Å²) in [4.78, 5) is 28.8. The number of amides is 2. The van der Waals surface area contributed by atoms with Gasteiger partial charge in [0, 0.05) is 37.6 Å². The lowest BCUT2D eigenvalue weighted by atomic mass is 10.0. The first-order chi connectivity index (χ1) is 13.4. The molecule has 1 saturated heterocycles. The lowest BCUT2D eigenvalue weighted by Crippen LogP contribution is -2.49. The zero-order valence-electron chi connectivity index (χ0n) is 16.9. The number of aryl methyl sites for hydroxylation is 1. The van der Waals surface area contributed by atoms with Gasteiger partial charge < -0.3 is 15.1 Å². The SMILES string of the molecule is Cc1cccc(N2CCN(C(=O)CC(=O)Nc3ccc(C(C)C)cc3)CC2)c1. The minimum atomic E-state index is -0.261. The highest BCUT2D eigenvalue weighted by molar-refractivity contribution is 6.03. The molecule has 0 spiro atoms. The zero-order valence-corrected chi connectivity index (χ0v) is 16.9. The molecule has 2 aromatic carbocycles. The number of hydrogen-bond donors (Lipinski definition) is 1. The van der Waals surface area contributed by atoms with Crippen molar-refractivity contribution in [3.8, 4) is 0 Å². The summed E-state index contributed by atoms with van der Waals surface area (Å²) in [6, 6.07) is 16.2. The maximum Gasteiger partial charge on any atom is 0.233 e. The smallest absolute Gasteiger partial charge is 0.233 e. The van der Waals surface area contributed by atoms with E-state index >= 15 is 0 Å². The normalized spacial score (nSPS) is 14.3. The fourth-order valence-electron chi connectivity index (χ4n) is 3.44. The number of hydrogen-bond acceptors (Lipinski definition) is 3. The van der Waals surface area contributed by atoms with Crippen molar-refractivity contribution in [3.05, 3.63) is 59.7 Å². The molecule has 1 heterocycles. The van der Waals surface area contributed by atoms with Gasteiger partial charge in [-0.15, -0.1) is 0 Å². The van der Waals surface area contributed by atoms with Gasteiger partial charge in [0.2, 0.25) is 11.8 Å². The van der Waals surface area contributed by atoms with E-state index in [0.717, 1.165) is 18.8 Å². The Morgan fingerprint density at radius 3 is 2.29 bits per heavy atom. The van der Waals surface area contributed by atoms with Crippen molar-refractivity contribution in [3.63, 3.8) is 0 Å². The maximum absolute atomic E-state index is 12.5. The van der Waals surface area contributed by atoms with E-state index in [4.69, 9.17) is 0 Å². The van der Waals surface area contributed by atoms with Crippen LogP contribution in [0.4, 0.5) is 11.4 Å². The van der Waals surface area contributed by atoms with Crippen LogP contribution in [-0.4, -0.2) is 42.9 Å². The van der Waals surface area contributed by atoms with Crippen molar-refractivity contribution in [2.45, 2.75) is 33.1 Å². The van der Waals surface area contributed by atoms with Gasteiger partial charge in [-0.05, 0) is 48.2 Å². The van der Waals surface area contributed by atoms with E-state index in [1.807, 2.05) is 24.3 Å². The van der Waals surface area contributed by atoms with Gasteiger partial charge in [-0.25, -0.2) is 0 Å². The molecule has 1 N–H and O–H groups in total. The lowest BCUT2D eigenvalue weighted by Gasteiger charge is -2.36. The first kappa shape index (κ1) is 19.9. The van der Waals surface area contributed by atoms with Crippen LogP contribution < -0.4 is 10.2 Å². The number of nitrogens with one attached hydrogen (secondary N) is 1. The summed E-state index contributed by atoms with van der Waals surface area (Å²) in [6.07, 6.45) is -0.115. The molecule has 0 aliphatic carbocycles. The van der Waals surface area contributed by atoms with E-state index in [1.54, 1.807) is 4.90 Å². The molecule has 0 aromatic heterocycles. The van der Waals surface area contributed by atoms with E-state index in [1.165, 1.54) is 16.8 Å². The van der Waals surface area contributed by atoms with Crippen molar-refractivity contribution in [1.82, 2.24) is 4.90 Å². The molecule has 2 aromatic rings. The van der Waals surface area contributed by atoms with Crippen LogP contribution in [0.5, 0.6) is 0 Å². The Morgan fingerprint density at radius 1 is 1.00 bits per heavy atom. The molecule has 0 saturated carbocycles. The first-order valence-corrected chi connectivity index (χ1v) is 9.91. The highest BCUT2D eigenvalue weighted by atomic mass is 16.2. The lowest BCUT2D eigenvalue weighted by molar-refractivity contribution is -0.134. The van der Waals surface area contributed by atoms with E-state index in [-0.39, 0.29) is 18.2 Å². The van der Waals surface area contributed by atoms with Crippen molar-refractivity contribution < 1.29 is 9.59 Å². The molecule has 3 rings (SSSR count). The molecule has 5 nitrogen and oxygen atoms in total. The van der Waals surface area contributed by atoms with Gasteiger partial charge in [-0.3, -0.25) is 9.59 Å². The fourth-order valence-corrected chi connectivity index (χ4v) is 3.44. The molecule has 148 valence electrons. The van der Waals surface area contributed by atoms with E-state index in [2.05, 4.69) is 55.3 Å². The summed E-state index contributed by atoms with van der Waals surface area (Å²) < 4.78 is 0. The number of benzene rings is 2. The van der Waals surface area contributed by atoms with Crippen LogP contribution in [0.1, 0.15) is 37.3 Å². The Labute approximate surface area is 167 Å². The third kappa shape index (κ3) is 5.12. The second-order valence-electron chi connectivity index (χ2n) is 7.71. The van der Waals surface area contributed by atoms with Crippen LogP contribution in [0.3, 0.4) is 0 Å². The average molecular weight is 380 g/mol. The number of rotatable bonds is 5. The van der Waals surface area contributed by atoms with Gasteiger partial charge in [0.25, 0.3) is 0 Å². The van der Waals surface area contributed by atoms with Crippen LogP contribution in [0.25, 0.3) is 0 Å². The fraction of sp³-hybridized carbons (Fsp3) is 0.391. The van der Waals surface area contributed by atoms with Gasteiger partial charge in [0.05, 0.1) is 0 Å². The van der Waals surface area contributed by atoms with E-state index in [0.29, 0.717) is 19.0 Å². The Morgan fingerprint density at radius 2 is 1.68 bits per heavy atom. The Kier molecular flexibility index (Phi) is 6.34. The number of piperazine rings is 1. The Bertz CT molecular complexity index is 822. The maximum atomic E-state index is 12.5. The van der Waals surface area contributed by atoms with Gasteiger partial charge in [-0.2, -0.15) is 0 Å². The third-order valence-corrected chi connectivity index (χ3v) is 5.17. The van der Waals surface area contributed by atoms with Crippen molar-refractivity contribution in [2.75, 3.05) is 36.4 Å². The molecule has 28 heavy (non-hydrogen) atoms. The van der Waals surface area contributed by atoms with E-state index in [9.17, 15) is 9.59 Å². The minimum absolute atomic E-state index is 0.111. The number of nitrogens with zero attached hydrogens (tertiary/aromatic N) is 2. The van der Waals surface area contributed by atoms with Crippen LogP contribution in [0.15, 0.2) is 48.5 Å². The van der Waals surface area contributed by atoms with Crippen LogP contribution in [0, 0.1) is 6.92 Å². The molecule has 0 bridgehead atoms. The summed E-state index contributed by atoms with van der Waals surface area (Å²) in [5.41, 5.74) is 4.37. The molecule has 5 heteroatoms. The standard InChI is InChI=1S/C23H29N3O2/c1-17(2)19-7-9-20(10-8-19)24-22(27)16-23(28)26-13-11-25(12-14-26)21-6-4-5-18(3)15-21/h4-10,15,17H,11-14,16H2,1-3H3,(H,24,27). The highest BCUT2D eigenvalue weighted by Crippen LogP contribution is 2.19. The predicted octanol–water partition coefficient (Wildman–Crippen LogP) is 3.80. The van der Waals surface area contributed by atoms with Crippen LogP contribution in [0.2, 0.25) is 0 Å². The van der Waals surface area contributed by atoms with Crippen LogP contribution in [-0.2, 0) is 9.59 Å². The third-order valence-electron chi connectivity index (χ3n) is 5.17. The second-order valence-corrected chi connectivity index (χ2v) is 7.71. The summed E-state index contributed by atoms with van der Waals surface area (Å²) >= 11 is 0. The largest absolute Gasteiger partial charge is 0.368 e. The van der Waals surface area contributed by atoms with E-state index < -0.39 is 0 Å². The number of anilines is 2. The molecule has 1 fully saturated rings. The Balaban J connectivity index is 1.48. The highest BCUT2D eigenvalue weighted by Gasteiger charge is 2.23. The van der Waals surface area contributed by atoms with Crippen molar-refractivity contribution >= 4 is 23.2 Å². The average Bonchev–Trinajstić information content (AvgIpc) is 2.68. The van der Waals surface area contributed by atoms with Crippen LogP contribution >= 0.6 is 0 Å². The summed E-state index contributed by atoms with van der Waals surface area (Å²) in [5.74, 6) is 0.0772. The van der Waals surface area contributed by atoms with Gasteiger partial charge in [-0.1, -0.05) is 38.1 Å². The van der Waals surface area contributed by atoms with Crippen molar-refractivity contribution in [2.24, 2.45) is 0 Å². The number of carbonyl (C=O) groups is 2. The quantitative estimate of drug-likeness (QED) is 0.804. The molecular weight excluding hydrogens is 350 g/mol. The topological polar surface area (TPSA) is 52.7 Å². The molecule has 0 radical (unpaired) electrons. The van der Waals surface area contributed by atoms with Crippen molar-refractivity contribution in [1.29, 1.82) is 0 Å².